The standard InChI is InChI=1S/C10H17N3O2S/c1-3-7(11)8(5-14)16-10-12-6(2)4-9(15)13-10/h4,7-8,14H,3,5,11H2,1-2H3,(H,12,13,15). The fourth-order valence-corrected chi connectivity index (χ4v) is 2.36. The number of aromatic nitrogens is 2. The molecule has 1 heterocycles. The normalized spacial score (nSPS) is 14.8. The Bertz CT molecular complexity index is 394. The lowest BCUT2D eigenvalue weighted by atomic mass is 10.2. The summed E-state index contributed by atoms with van der Waals surface area (Å²) in [5, 5.41) is 9.57. The maximum atomic E-state index is 11.2. The van der Waals surface area contributed by atoms with Gasteiger partial charge in [-0.2, -0.15) is 0 Å². The van der Waals surface area contributed by atoms with E-state index in [0.29, 0.717) is 10.9 Å². The third-order valence-electron chi connectivity index (χ3n) is 2.24. The Balaban J connectivity index is 2.81. The van der Waals surface area contributed by atoms with Crippen LogP contribution in [0.25, 0.3) is 0 Å². The lowest BCUT2D eigenvalue weighted by molar-refractivity contribution is 0.281. The van der Waals surface area contributed by atoms with E-state index in [2.05, 4.69) is 9.97 Å². The van der Waals surface area contributed by atoms with Crippen LogP contribution >= 0.6 is 11.8 Å². The monoisotopic (exact) mass is 243 g/mol. The molecule has 1 rings (SSSR count). The van der Waals surface area contributed by atoms with Crippen LogP contribution in [0.1, 0.15) is 19.0 Å². The molecule has 0 aliphatic carbocycles. The number of aliphatic hydroxyl groups is 1. The minimum atomic E-state index is -0.184. The Morgan fingerprint density at radius 2 is 2.38 bits per heavy atom. The molecule has 0 radical (unpaired) electrons. The maximum Gasteiger partial charge on any atom is 0.251 e. The molecule has 0 aliphatic rings. The van der Waals surface area contributed by atoms with Gasteiger partial charge in [-0.25, -0.2) is 4.98 Å². The summed E-state index contributed by atoms with van der Waals surface area (Å²) in [6, 6.07) is 1.32. The molecule has 0 bridgehead atoms. The van der Waals surface area contributed by atoms with E-state index in [1.807, 2.05) is 6.92 Å². The van der Waals surface area contributed by atoms with Crippen molar-refractivity contribution in [3.8, 4) is 0 Å². The molecule has 90 valence electrons. The minimum Gasteiger partial charge on any atom is -0.395 e. The number of aromatic amines is 1. The van der Waals surface area contributed by atoms with Crippen LogP contribution in [0.15, 0.2) is 16.0 Å². The molecule has 4 N–H and O–H groups in total. The van der Waals surface area contributed by atoms with Crippen molar-refractivity contribution in [2.45, 2.75) is 36.7 Å². The second-order valence-corrected chi connectivity index (χ2v) is 4.83. The zero-order valence-corrected chi connectivity index (χ0v) is 10.3. The van der Waals surface area contributed by atoms with Crippen LogP contribution < -0.4 is 11.3 Å². The van der Waals surface area contributed by atoms with E-state index in [0.717, 1.165) is 6.42 Å². The summed E-state index contributed by atoms with van der Waals surface area (Å²) < 4.78 is 0. The minimum absolute atomic E-state index is 0.0304. The average molecular weight is 243 g/mol. The second kappa shape index (κ2) is 6.03. The molecular weight excluding hydrogens is 226 g/mol. The molecule has 6 heteroatoms. The van der Waals surface area contributed by atoms with Crippen molar-refractivity contribution < 1.29 is 5.11 Å². The fraction of sp³-hybridized carbons (Fsp3) is 0.600. The van der Waals surface area contributed by atoms with Gasteiger partial charge in [-0.1, -0.05) is 18.7 Å². The Hall–Kier alpha value is -0.850. The number of aliphatic hydroxyl groups excluding tert-OH is 1. The van der Waals surface area contributed by atoms with Gasteiger partial charge in [0.05, 0.1) is 11.9 Å². The molecule has 2 atom stereocenters. The van der Waals surface area contributed by atoms with Crippen LogP contribution in [-0.4, -0.2) is 33.0 Å². The van der Waals surface area contributed by atoms with Gasteiger partial charge in [0.15, 0.2) is 5.16 Å². The van der Waals surface area contributed by atoms with Gasteiger partial charge in [-0.05, 0) is 13.3 Å². The summed E-state index contributed by atoms with van der Waals surface area (Å²) in [4.78, 5) is 18.0. The number of hydrogen-bond acceptors (Lipinski definition) is 5. The van der Waals surface area contributed by atoms with Gasteiger partial charge in [0.1, 0.15) is 0 Å². The van der Waals surface area contributed by atoms with E-state index in [4.69, 9.17) is 5.73 Å². The molecule has 0 fully saturated rings. The van der Waals surface area contributed by atoms with Crippen LogP contribution in [0, 0.1) is 6.92 Å². The van der Waals surface area contributed by atoms with E-state index >= 15 is 0 Å². The van der Waals surface area contributed by atoms with Crippen molar-refractivity contribution in [2.24, 2.45) is 5.73 Å². The SMILES string of the molecule is CCC(N)C(CO)Sc1nc(C)cc(=O)[nH]1. The van der Waals surface area contributed by atoms with Crippen LogP contribution in [-0.2, 0) is 0 Å². The Labute approximate surface area is 98.5 Å². The van der Waals surface area contributed by atoms with Crippen LogP contribution in [0.2, 0.25) is 0 Å². The van der Waals surface area contributed by atoms with E-state index in [1.165, 1.54) is 17.8 Å². The number of nitrogens with one attached hydrogen (secondary N) is 1. The van der Waals surface area contributed by atoms with Crippen molar-refractivity contribution >= 4 is 11.8 Å². The number of rotatable bonds is 5. The third kappa shape index (κ3) is 3.62. The highest BCUT2D eigenvalue weighted by atomic mass is 32.2. The summed E-state index contributed by atoms with van der Waals surface area (Å²) in [5.41, 5.74) is 6.33. The number of H-pyrrole nitrogens is 1. The molecule has 2 unspecified atom stereocenters. The second-order valence-electron chi connectivity index (χ2n) is 3.60. The first kappa shape index (κ1) is 13.2. The van der Waals surface area contributed by atoms with Gasteiger partial charge >= 0.3 is 0 Å². The summed E-state index contributed by atoms with van der Waals surface area (Å²) in [6.45, 7) is 3.69. The van der Waals surface area contributed by atoms with Crippen LogP contribution in [0.3, 0.4) is 0 Å². The van der Waals surface area contributed by atoms with Crippen molar-refractivity contribution in [3.05, 3.63) is 22.1 Å². The Kier molecular flexibility index (Phi) is 4.98. The molecule has 0 aromatic carbocycles. The zero-order valence-electron chi connectivity index (χ0n) is 9.43. The van der Waals surface area contributed by atoms with Gasteiger partial charge in [0.25, 0.3) is 5.56 Å². The van der Waals surface area contributed by atoms with E-state index in [9.17, 15) is 9.90 Å². The lowest BCUT2D eigenvalue weighted by Gasteiger charge is -2.19. The number of nitrogens with zero attached hydrogens (tertiary/aromatic N) is 1. The number of nitrogens with two attached hydrogens (primary N) is 1. The van der Waals surface area contributed by atoms with Crippen molar-refractivity contribution in [2.75, 3.05) is 6.61 Å². The van der Waals surface area contributed by atoms with E-state index in [-0.39, 0.29) is 23.5 Å². The molecule has 0 saturated carbocycles. The molecule has 0 spiro atoms. The van der Waals surface area contributed by atoms with Crippen molar-refractivity contribution in [1.29, 1.82) is 0 Å². The summed E-state index contributed by atoms with van der Waals surface area (Å²) in [7, 11) is 0. The third-order valence-corrected chi connectivity index (χ3v) is 3.46. The van der Waals surface area contributed by atoms with Gasteiger partial charge in [0, 0.05) is 17.8 Å². The van der Waals surface area contributed by atoms with E-state index in [1.54, 1.807) is 6.92 Å². The van der Waals surface area contributed by atoms with Crippen LogP contribution in [0.4, 0.5) is 0 Å². The Morgan fingerprint density at radius 1 is 1.69 bits per heavy atom. The highest BCUT2D eigenvalue weighted by Gasteiger charge is 2.17. The molecule has 1 aromatic heterocycles. The fourth-order valence-electron chi connectivity index (χ4n) is 1.27. The molecule has 0 amide bonds. The summed E-state index contributed by atoms with van der Waals surface area (Å²) >= 11 is 1.31. The first-order valence-corrected chi connectivity index (χ1v) is 6.05. The molecular formula is C10H17N3O2S. The largest absolute Gasteiger partial charge is 0.395 e. The highest BCUT2D eigenvalue weighted by molar-refractivity contribution is 7.99. The molecule has 5 nitrogen and oxygen atoms in total. The predicted molar refractivity (Wildman–Crippen MR) is 64.6 cm³/mol. The quantitative estimate of drug-likeness (QED) is 0.510. The topological polar surface area (TPSA) is 92.0 Å². The van der Waals surface area contributed by atoms with Gasteiger partial charge in [-0.3, -0.25) is 4.79 Å². The molecule has 0 saturated heterocycles. The van der Waals surface area contributed by atoms with Crippen molar-refractivity contribution in [3.63, 3.8) is 0 Å². The number of hydrogen-bond donors (Lipinski definition) is 3. The number of aryl methyl sites for hydroxylation is 1. The van der Waals surface area contributed by atoms with Gasteiger partial charge < -0.3 is 15.8 Å². The summed E-state index contributed by atoms with van der Waals surface area (Å²) in [6.07, 6.45) is 0.772. The van der Waals surface area contributed by atoms with Crippen molar-refractivity contribution in [1.82, 2.24) is 9.97 Å². The molecule has 1 aromatic rings. The lowest BCUT2D eigenvalue weighted by Crippen LogP contribution is -2.34. The maximum absolute atomic E-state index is 11.2. The van der Waals surface area contributed by atoms with Gasteiger partial charge in [0.2, 0.25) is 0 Å². The molecule has 0 aliphatic heterocycles. The van der Waals surface area contributed by atoms with Crippen LogP contribution in [0.5, 0.6) is 0 Å². The van der Waals surface area contributed by atoms with Gasteiger partial charge in [-0.15, -0.1) is 0 Å². The van der Waals surface area contributed by atoms with E-state index < -0.39 is 0 Å². The first-order valence-electron chi connectivity index (χ1n) is 5.18. The average Bonchev–Trinajstić information content (AvgIpc) is 2.23. The zero-order chi connectivity index (χ0) is 12.1. The Morgan fingerprint density at radius 3 is 2.88 bits per heavy atom. The smallest absolute Gasteiger partial charge is 0.251 e. The molecule has 16 heavy (non-hydrogen) atoms. The summed E-state index contributed by atoms with van der Waals surface area (Å²) in [5.74, 6) is 0. The first-order chi connectivity index (χ1) is 7.56. The highest BCUT2D eigenvalue weighted by Crippen LogP contribution is 2.21. The number of thioether (sulfide) groups is 1. The predicted octanol–water partition coefficient (Wildman–Crippen LogP) is 0.269.